The molecule has 2 unspecified atom stereocenters. The van der Waals surface area contributed by atoms with E-state index >= 15 is 0 Å². The van der Waals surface area contributed by atoms with Crippen molar-refractivity contribution < 1.29 is 29.2 Å². The van der Waals surface area contributed by atoms with E-state index in [-0.39, 0.29) is 13.2 Å². The van der Waals surface area contributed by atoms with E-state index in [4.69, 9.17) is 42.1 Å². The zero-order chi connectivity index (χ0) is 19.7. The second-order valence-corrected chi connectivity index (χ2v) is 7.64. The van der Waals surface area contributed by atoms with E-state index in [1.807, 2.05) is 12.1 Å². The minimum atomic E-state index is -1.19. The topological polar surface area (TPSA) is 77.4 Å². The summed E-state index contributed by atoms with van der Waals surface area (Å²) in [4.78, 5) is 0. The van der Waals surface area contributed by atoms with Crippen molar-refractivity contribution in [2.45, 2.75) is 37.0 Å². The highest BCUT2D eigenvalue weighted by atomic mass is 35.5. The van der Waals surface area contributed by atoms with E-state index in [9.17, 15) is 10.2 Å². The Balaban J connectivity index is 1.51. The molecule has 2 fully saturated rings. The summed E-state index contributed by atoms with van der Waals surface area (Å²) < 4.78 is 23.3. The molecule has 2 aromatic rings. The van der Waals surface area contributed by atoms with Crippen LogP contribution in [-0.2, 0) is 18.9 Å². The molecule has 2 aliphatic rings. The summed E-state index contributed by atoms with van der Waals surface area (Å²) in [6, 6.07) is 14.1. The molecule has 0 aliphatic carbocycles. The second-order valence-electron chi connectivity index (χ2n) is 6.77. The molecule has 0 spiro atoms. The van der Waals surface area contributed by atoms with Gasteiger partial charge >= 0.3 is 0 Å². The molecule has 2 heterocycles. The average Bonchev–Trinajstić information content (AvgIpc) is 3.13. The quantitative estimate of drug-likeness (QED) is 0.784. The van der Waals surface area contributed by atoms with Gasteiger partial charge in [-0.1, -0.05) is 47.5 Å². The average molecular weight is 427 g/mol. The minimum Gasteiger partial charge on any atom is -0.388 e. The standard InChI is InChI=1S/C20H20Cl2O6/c21-13-5-1-11(2-6-13)19-26-10-16(27-19)18-17(24)15(23)9-25-20(28-18)12-3-7-14(22)8-4-12/h1-8,15-20,23-24H,9-10H2/t15-,16+,17-,18-,19?,20?/m1/s1. The summed E-state index contributed by atoms with van der Waals surface area (Å²) in [6.45, 7) is 0.133. The Morgan fingerprint density at radius 1 is 0.714 bits per heavy atom. The van der Waals surface area contributed by atoms with Gasteiger partial charge in [0.2, 0.25) is 0 Å². The fourth-order valence-electron chi connectivity index (χ4n) is 3.25. The van der Waals surface area contributed by atoms with Crippen molar-refractivity contribution >= 4 is 23.2 Å². The Labute approximate surface area is 172 Å². The first-order valence-electron chi connectivity index (χ1n) is 8.92. The van der Waals surface area contributed by atoms with Gasteiger partial charge in [0.15, 0.2) is 12.6 Å². The molecule has 150 valence electrons. The molecule has 0 bridgehead atoms. The van der Waals surface area contributed by atoms with Crippen molar-refractivity contribution in [1.82, 2.24) is 0 Å². The van der Waals surface area contributed by atoms with Crippen LogP contribution < -0.4 is 0 Å². The Hall–Kier alpha value is -1.22. The normalized spacial score (nSPS) is 33.6. The molecule has 0 saturated carbocycles. The van der Waals surface area contributed by atoms with E-state index < -0.39 is 37.0 Å². The van der Waals surface area contributed by atoms with E-state index in [0.717, 1.165) is 11.1 Å². The monoisotopic (exact) mass is 426 g/mol. The molecule has 8 heteroatoms. The van der Waals surface area contributed by atoms with Crippen LogP contribution in [-0.4, -0.2) is 47.8 Å². The smallest absolute Gasteiger partial charge is 0.184 e. The molecule has 0 amide bonds. The molecule has 2 aromatic carbocycles. The van der Waals surface area contributed by atoms with Crippen LogP contribution in [0.25, 0.3) is 0 Å². The molecular weight excluding hydrogens is 407 g/mol. The van der Waals surface area contributed by atoms with Gasteiger partial charge in [-0.15, -0.1) is 0 Å². The summed E-state index contributed by atoms with van der Waals surface area (Å²) in [5, 5.41) is 22.0. The number of halogens is 2. The lowest BCUT2D eigenvalue weighted by Crippen LogP contribution is -2.46. The van der Waals surface area contributed by atoms with E-state index in [0.29, 0.717) is 10.0 Å². The minimum absolute atomic E-state index is 0.0703. The van der Waals surface area contributed by atoms with Crippen LogP contribution >= 0.6 is 23.2 Å². The van der Waals surface area contributed by atoms with Gasteiger partial charge in [0.1, 0.15) is 24.4 Å². The lowest BCUT2D eigenvalue weighted by atomic mass is 10.0. The fraction of sp³-hybridized carbons (Fsp3) is 0.400. The third kappa shape index (κ3) is 4.35. The number of ether oxygens (including phenoxy) is 4. The maximum absolute atomic E-state index is 10.6. The molecule has 0 aromatic heterocycles. The Morgan fingerprint density at radius 2 is 1.21 bits per heavy atom. The van der Waals surface area contributed by atoms with E-state index in [2.05, 4.69) is 0 Å². The zero-order valence-electron chi connectivity index (χ0n) is 14.8. The van der Waals surface area contributed by atoms with Gasteiger partial charge in [0.05, 0.1) is 13.2 Å². The highest BCUT2D eigenvalue weighted by Crippen LogP contribution is 2.35. The van der Waals surface area contributed by atoms with Crippen LogP contribution in [0, 0.1) is 0 Å². The predicted molar refractivity (Wildman–Crippen MR) is 102 cm³/mol. The van der Waals surface area contributed by atoms with Gasteiger partial charge in [0, 0.05) is 21.2 Å². The molecule has 4 rings (SSSR count). The lowest BCUT2D eigenvalue weighted by molar-refractivity contribution is -0.200. The highest BCUT2D eigenvalue weighted by molar-refractivity contribution is 6.30. The molecule has 2 saturated heterocycles. The fourth-order valence-corrected chi connectivity index (χ4v) is 3.51. The van der Waals surface area contributed by atoms with Crippen LogP contribution in [0.3, 0.4) is 0 Å². The van der Waals surface area contributed by atoms with Crippen molar-refractivity contribution in [3.8, 4) is 0 Å². The number of benzene rings is 2. The largest absolute Gasteiger partial charge is 0.388 e. The molecule has 28 heavy (non-hydrogen) atoms. The van der Waals surface area contributed by atoms with Crippen LogP contribution in [0.1, 0.15) is 23.7 Å². The van der Waals surface area contributed by atoms with Crippen molar-refractivity contribution in [1.29, 1.82) is 0 Å². The Morgan fingerprint density at radius 3 is 1.79 bits per heavy atom. The van der Waals surface area contributed by atoms with E-state index in [1.54, 1.807) is 36.4 Å². The molecule has 6 nitrogen and oxygen atoms in total. The van der Waals surface area contributed by atoms with Crippen LogP contribution in [0.15, 0.2) is 48.5 Å². The van der Waals surface area contributed by atoms with Gasteiger partial charge in [-0.25, -0.2) is 0 Å². The number of aliphatic hydroxyl groups excluding tert-OH is 2. The predicted octanol–water partition coefficient (Wildman–Crippen LogP) is 3.24. The lowest BCUT2D eigenvalue weighted by Gasteiger charge is -2.28. The second kappa shape index (κ2) is 8.65. The molecule has 6 atom stereocenters. The summed E-state index contributed by atoms with van der Waals surface area (Å²) in [7, 11) is 0. The van der Waals surface area contributed by atoms with Crippen molar-refractivity contribution in [2.24, 2.45) is 0 Å². The molecule has 2 N–H and O–H groups in total. The number of aliphatic hydroxyl groups is 2. The first-order chi connectivity index (χ1) is 13.5. The molecular formula is C20H20Cl2O6. The van der Waals surface area contributed by atoms with Crippen molar-refractivity contribution in [3.05, 3.63) is 69.7 Å². The third-order valence-electron chi connectivity index (χ3n) is 4.79. The zero-order valence-corrected chi connectivity index (χ0v) is 16.3. The SMILES string of the molecule is O[C@H]1[C@@H]([C@@H]2COC(c3ccc(Cl)cc3)O2)OC(c2ccc(Cl)cc2)OC[C@H]1O. The number of hydrogen-bond donors (Lipinski definition) is 2. The Kier molecular flexibility index (Phi) is 6.20. The first kappa shape index (κ1) is 20.1. The van der Waals surface area contributed by atoms with Gasteiger partial charge in [-0.2, -0.15) is 0 Å². The van der Waals surface area contributed by atoms with Crippen LogP contribution in [0.5, 0.6) is 0 Å². The summed E-state index contributed by atoms with van der Waals surface area (Å²) in [5.74, 6) is 0. The van der Waals surface area contributed by atoms with E-state index in [1.165, 1.54) is 0 Å². The summed E-state index contributed by atoms with van der Waals surface area (Å²) >= 11 is 11.9. The first-order valence-corrected chi connectivity index (χ1v) is 9.68. The third-order valence-corrected chi connectivity index (χ3v) is 5.29. The highest BCUT2D eigenvalue weighted by Gasteiger charge is 2.43. The van der Waals surface area contributed by atoms with Gasteiger partial charge in [-0.3, -0.25) is 0 Å². The van der Waals surface area contributed by atoms with Crippen LogP contribution in [0.4, 0.5) is 0 Å². The summed E-state index contributed by atoms with van der Waals surface area (Å²) in [5.41, 5.74) is 1.53. The van der Waals surface area contributed by atoms with Crippen molar-refractivity contribution in [2.75, 3.05) is 13.2 Å². The van der Waals surface area contributed by atoms with Crippen molar-refractivity contribution in [3.63, 3.8) is 0 Å². The number of hydrogen-bond acceptors (Lipinski definition) is 6. The maximum Gasteiger partial charge on any atom is 0.184 e. The summed E-state index contributed by atoms with van der Waals surface area (Å²) in [6.07, 6.45) is -5.09. The Bertz CT molecular complexity index is 784. The number of rotatable bonds is 3. The van der Waals surface area contributed by atoms with Gasteiger partial charge < -0.3 is 29.2 Å². The maximum atomic E-state index is 10.6. The van der Waals surface area contributed by atoms with Gasteiger partial charge in [0.25, 0.3) is 0 Å². The van der Waals surface area contributed by atoms with Gasteiger partial charge in [-0.05, 0) is 24.3 Å². The molecule has 2 aliphatic heterocycles. The van der Waals surface area contributed by atoms with Crippen LogP contribution in [0.2, 0.25) is 10.0 Å². The molecule has 0 radical (unpaired) electrons.